The molecule has 2 nitrogen and oxygen atoms in total. The van der Waals surface area contributed by atoms with Crippen LogP contribution in [0.25, 0.3) is 77.3 Å². The Labute approximate surface area is 291 Å². The third-order valence-corrected chi connectivity index (χ3v) is 10.4. The number of hydrogen-bond acceptors (Lipinski definition) is 0. The van der Waals surface area contributed by atoms with Gasteiger partial charge in [-0.15, -0.1) is 0 Å². The highest BCUT2D eigenvalue weighted by atomic mass is 15.0. The number of para-hydroxylation sites is 3. The predicted molar refractivity (Wildman–Crippen MR) is 212 cm³/mol. The van der Waals surface area contributed by atoms with Gasteiger partial charge in [-0.1, -0.05) is 133 Å². The highest BCUT2D eigenvalue weighted by Gasteiger charge is 2.24. The van der Waals surface area contributed by atoms with Crippen LogP contribution in [0.15, 0.2) is 182 Å². The minimum Gasteiger partial charge on any atom is -0.309 e. The lowest BCUT2D eigenvalue weighted by Gasteiger charge is -2.25. The highest BCUT2D eigenvalue weighted by molar-refractivity contribution is 6.19. The molecule has 0 saturated carbocycles. The summed E-state index contributed by atoms with van der Waals surface area (Å²) in [6.07, 6.45) is 4.45. The fourth-order valence-electron chi connectivity index (χ4n) is 8.19. The molecule has 0 amide bonds. The number of fused-ring (bicyclic) bond motifs is 6. The normalized spacial score (nSPS) is 13.5. The molecule has 10 rings (SSSR count). The lowest BCUT2D eigenvalue weighted by atomic mass is 9.87. The van der Waals surface area contributed by atoms with Crippen LogP contribution in [0, 0.1) is 0 Å². The first-order valence-electron chi connectivity index (χ1n) is 17.5. The highest BCUT2D eigenvalue weighted by Crippen LogP contribution is 2.45. The SMILES string of the molecule is C1=C(c2ccccc2)C(n2c3ccccc3c3cc(-c4ccc5c(c4)c4ccccc4n5-c4ccccc4)ccc32)=C(c2ccccc2)CC1. The van der Waals surface area contributed by atoms with Gasteiger partial charge in [-0.05, 0) is 89.2 Å². The Balaban J connectivity index is 1.20. The predicted octanol–water partition coefficient (Wildman–Crippen LogP) is 12.8. The minimum absolute atomic E-state index is 0.998. The van der Waals surface area contributed by atoms with Gasteiger partial charge in [0.2, 0.25) is 0 Å². The summed E-state index contributed by atoms with van der Waals surface area (Å²) in [7, 11) is 0. The molecule has 1 aliphatic carbocycles. The monoisotopic (exact) mass is 638 g/mol. The van der Waals surface area contributed by atoms with Crippen LogP contribution < -0.4 is 0 Å². The summed E-state index contributed by atoms with van der Waals surface area (Å²) in [5, 5.41) is 5.07. The molecule has 2 heteroatoms. The molecule has 2 heterocycles. The molecule has 0 spiro atoms. The third kappa shape index (κ3) is 4.49. The van der Waals surface area contributed by atoms with E-state index in [0.29, 0.717) is 0 Å². The van der Waals surface area contributed by atoms with Gasteiger partial charge in [0.05, 0.1) is 27.8 Å². The van der Waals surface area contributed by atoms with Crippen molar-refractivity contribution in [2.24, 2.45) is 0 Å². The van der Waals surface area contributed by atoms with E-state index in [0.717, 1.165) is 12.8 Å². The van der Waals surface area contributed by atoms with Crippen molar-refractivity contribution in [1.29, 1.82) is 0 Å². The molecule has 0 bridgehead atoms. The lowest BCUT2D eigenvalue weighted by molar-refractivity contribution is 1.04. The van der Waals surface area contributed by atoms with Gasteiger partial charge < -0.3 is 9.13 Å². The van der Waals surface area contributed by atoms with Gasteiger partial charge in [-0.3, -0.25) is 0 Å². The maximum Gasteiger partial charge on any atom is 0.0575 e. The van der Waals surface area contributed by atoms with Crippen LogP contribution >= 0.6 is 0 Å². The Hall–Kier alpha value is -6.38. The quantitative estimate of drug-likeness (QED) is 0.178. The third-order valence-electron chi connectivity index (χ3n) is 10.4. The zero-order valence-corrected chi connectivity index (χ0v) is 27.6. The van der Waals surface area contributed by atoms with Crippen molar-refractivity contribution in [2.75, 3.05) is 0 Å². The maximum atomic E-state index is 2.53. The number of allylic oxidation sites excluding steroid dienone is 4. The second-order valence-corrected chi connectivity index (χ2v) is 13.2. The number of benzene rings is 7. The van der Waals surface area contributed by atoms with Gasteiger partial charge >= 0.3 is 0 Å². The van der Waals surface area contributed by atoms with Gasteiger partial charge in [-0.25, -0.2) is 0 Å². The molecule has 9 aromatic rings. The molecule has 0 fully saturated rings. The van der Waals surface area contributed by atoms with Crippen LogP contribution in [0.4, 0.5) is 0 Å². The molecule has 0 radical (unpaired) electrons. The average Bonchev–Trinajstić information content (AvgIpc) is 3.70. The molecule has 0 unspecified atom stereocenters. The Kier molecular flexibility index (Phi) is 6.67. The molecule has 0 N–H and O–H groups in total. The first-order chi connectivity index (χ1) is 24.8. The first kappa shape index (κ1) is 28.6. The van der Waals surface area contributed by atoms with Crippen molar-refractivity contribution < 1.29 is 0 Å². The van der Waals surface area contributed by atoms with Gasteiger partial charge in [0, 0.05) is 32.8 Å². The Morgan fingerprint density at radius 1 is 0.360 bits per heavy atom. The van der Waals surface area contributed by atoms with Crippen molar-refractivity contribution in [3.05, 3.63) is 193 Å². The summed E-state index contributed by atoms with van der Waals surface area (Å²) in [6, 6.07) is 64.2. The summed E-state index contributed by atoms with van der Waals surface area (Å²) >= 11 is 0. The van der Waals surface area contributed by atoms with Gasteiger partial charge in [0.25, 0.3) is 0 Å². The fourth-order valence-corrected chi connectivity index (χ4v) is 8.19. The molecule has 50 heavy (non-hydrogen) atoms. The smallest absolute Gasteiger partial charge is 0.0575 e. The van der Waals surface area contributed by atoms with Crippen molar-refractivity contribution in [3.8, 4) is 16.8 Å². The molecule has 0 saturated heterocycles. The summed E-state index contributed by atoms with van der Waals surface area (Å²) in [6.45, 7) is 0. The van der Waals surface area contributed by atoms with E-state index >= 15 is 0 Å². The topological polar surface area (TPSA) is 9.86 Å². The van der Waals surface area contributed by atoms with E-state index in [4.69, 9.17) is 0 Å². The van der Waals surface area contributed by atoms with E-state index in [2.05, 4.69) is 191 Å². The summed E-state index contributed by atoms with van der Waals surface area (Å²) in [4.78, 5) is 0. The number of hydrogen-bond donors (Lipinski definition) is 0. The van der Waals surface area contributed by atoms with Gasteiger partial charge in [0.15, 0.2) is 0 Å². The standard InChI is InChI=1S/C48H34N2/c1-4-15-33(16-5-1)38-23-14-24-39(34-17-6-2-7-18-34)48(38)50-45-26-13-11-22-41(45)43-32-36(28-30-47(43)50)35-27-29-46-42(31-35)40-21-10-12-25-44(40)49(46)37-19-8-3-9-20-37/h1-13,15-23,25-32H,14,24H2. The fraction of sp³-hybridized carbons (Fsp3) is 0.0417. The molecule has 7 aromatic carbocycles. The van der Waals surface area contributed by atoms with Crippen LogP contribution in [-0.4, -0.2) is 9.13 Å². The van der Waals surface area contributed by atoms with E-state index in [-0.39, 0.29) is 0 Å². The zero-order chi connectivity index (χ0) is 33.0. The average molecular weight is 639 g/mol. The first-order valence-corrected chi connectivity index (χ1v) is 17.5. The second-order valence-electron chi connectivity index (χ2n) is 13.2. The Morgan fingerprint density at radius 3 is 1.46 bits per heavy atom. The van der Waals surface area contributed by atoms with Crippen LogP contribution in [0.3, 0.4) is 0 Å². The number of rotatable bonds is 5. The van der Waals surface area contributed by atoms with Gasteiger partial charge in [-0.2, -0.15) is 0 Å². The van der Waals surface area contributed by atoms with E-state index in [1.54, 1.807) is 0 Å². The summed E-state index contributed by atoms with van der Waals surface area (Å²) in [5.74, 6) is 0. The van der Waals surface area contributed by atoms with E-state index in [1.807, 2.05) is 0 Å². The van der Waals surface area contributed by atoms with Crippen molar-refractivity contribution >= 4 is 60.5 Å². The Bertz CT molecular complexity index is 2780. The molecule has 0 atom stereocenters. The van der Waals surface area contributed by atoms with Crippen LogP contribution in [0.5, 0.6) is 0 Å². The molecular weight excluding hydrogens is 605 g/mol. The van der Waals surface area contributed by atoms with E-state index in [1.165, 1.54) is 88.4 Å². The summed E-state index contributed by atoms with van der Waals surface area (Å²) in [5.41, 5.74) is 15.0. The minimum atomic E-state index is 0.998. The number of aromatic nitrogens is 2. The molecule has 236 valence electrons. The molecular formula is C48H34N2. The zero-order valence-electron chi connectivity index (χ0n) is 27.6. The Morgan fingerprint density at radius 2 is 0.840 bits per heavy atom. The molecule has 2 aromatic heterocycles. The summed E-state index contributed by atoms with van der Waals surface area (Å²) < 4.78 is 4.91. The van der Waals surface area contributed by atoms with Crippen molar-refractivity contribution in [1.82, 2.24) is 9.13 Å². The van der Waals surface area contributed by atoms with E-state index in [9.17, 15) is 0 Å². The van der Waals surface area contributed by atoms with Crippen LogP contribution in [-0.2, 0) is 0 Å². The largest absolute Gasteiger partial charge is 0.309 e. The van der Waals surface area contributed by atoms with Crippen LogP contribution in [0.1, 0.15) is 24.0 Å². The molecule has 1 aliphatic rings. The van der Waals surface area contributed by atoms with Gasteiger partial charge in [0.1, 0.15) is 0 Å². The number of nitrogens with zero attached hydrogens (tertiary/aromatic N) is 2. The maximum absolute atomic E-state index is 2.53. The molecule has 0 aliphatic heterocycles. The second kappa shape index (κ2) is 11.6. The van der Waals surface area contributed by atoms with E-state index < -0.39 is 0 Å². The van der Waals surface area contributed by atoms with Crippen molar-refractivity contribution in [2.45, 2.75) is 12.8 Å². The van der Waals surface area contributed by atoms with Crippen LogP contribution in [0.2, 0.25) is 0 Å². The lowest BCUT2D eigenvalue weighted by Crippen LogP contribution is -2.07. The van der Waals surface area contributed by atoms with Crippen molar-refractivity contribution in [3.63, 3.8) is 0 Å².